The molecule has 0 bridgehead atoms. The molecule has 0 aliphatic heterocycles. The molecule has 0 spiro atoms. The highest BCUT2D eigenvalue weighted by atomic mass is 35.5. The zero-order valence-electron chi connectivity index (χ0n) is 10.4. The lowest BCUT2D eigenvalue weighted by molar-refractivity contribution is 0.686. The lowest BCUT2D eigenvalue weighted by atomic mass is 10.1. The Hall–Kier alpha value is -1.89. The van der Waals surface area contributed by atoms with Crippen LogP contribution in [0, 0.1) is 11.3 Å². The second kappa shape index (κ2) is 6.89. The van der Waals surface area contributed by atoms with Gasteiger partial charge in [0, 0.05) is 24.0 Å². The highest BCUT2D eigenvalue weighted by molar-refractivity contribution is 6.31. The fourth-order valence-electron chi connectivity index (χ4n) is 1.77. The number of benzene rings is 1. The Balaban J connectivity index is 1.82. The predicted molar refractivity (Wildman–Crippen MR) is 75.8 cm³/mol. The van der Waals surface area contributed by atoms with Crippen molar-refractivity contribution in [3.05, 3.63) is 64.4 Å². The molecule has 0 atom stereocenters. The summed E-state index contributed by atoms with van der Waals surface area (Å²) in [5.41, 5.74) is 2.86. The van der Waals surface area contributed by atoms with Crippen LogP contribution < -0.4 is 5.32 Å². The number of hydrogen-bond donors (Lipinski definition) is 1. The minimum absolute atomic E-state index is 0.588. The Morgan fingerprint density at radius 2 is 2.00 bits per heavy atom. The first kappa shape index (κ1) is 13.5. The SMILES string of the molecule is N#Cc1ccc(CNCCc2ccncc2)c(Cl)c1. The smallest absolute Gasteiger partial charge is 0.0992 e. The lowest BCUT2D eigenvalue weighted by Gasteiger charge is -2.07. The van der Waals surface area contributed by atoms with Gasteiger partial charge in [0.1, 0.15) is 0 Å². The van der Waals surface area contributed by atoms with Gasteiger partial charge in [0.2, 0.25) is 0 Å². The molecule has 0 unspecified atom stereocenters. The maximum Gasteiger partial charge on any atom is 0.0992 e. The summed E-state index contributed by atoms with van der Waals surface area (Å²) in [5.74, 6) is 0. The maximum absolute atomic E-state index is 8.76. The number of halogens is 1. The molecule has 1 heterocycles. The fraction of sp³-hybridized carbons (Fsp3) is 0.200. The molecule has 0 radical (unpaired) electrons. The van der Waals surface area contributed by atoms with Crippen molar-refractivity contribution in [2.24, 2.45) is 0 Å². The fourth-order valence-corrected chi connectivity index (χ4v) is 2.01. The van der Waals surface area contributed by atoms with Gasteiger partial charge in [0.05, 0.1) is 11.6 Å². The van der Waals surface area contributed by atoms with Crippen LogP contribution in [0.4, 0.5) is 0 Å². The van der Waals surface area contributed by atoms with Crippen molar-refractivity contribution in [3.8, 4) is 6.07 Å². The second-order valence-corrected chi connectivity index (χ2v) is 4.61. The van der Waals surface area contributed by atoms with Crippen LogP contribution in [0.15, 0.2) is 42.7 Å². The first-order valence-electron chi connectivity index (χ1n) is 6.08. The molecular formula is C15H14ClN3. The van der Waals surface area contributed by atoms with E-state index in [0.29, 0.717) is 17.1 Å². The molecule has 96 valence electrons. The van der Waals surface area contributed by atoms with Crippen LogP contribution in [-0.4, -0.2) is 11.5 Å². The number of rotatable bonds is 5. The number of nitrogens with one attached hydrogen (secondary N) is 1. The monoisotopic (exact) mass is 271 g/mol. The molecule has 19 heavy (non-hydrogen) atoms. The third-order valence-electron chi connectivity index (χ3n) is 2.84. The molecule has 2 rings (SSSR count). The highest BCUT2D eigenvalue weighted by Crippen LogP contribution is 2.17. The minimum Gasteiger partial charge on any atom is -0.312 e. The van der Waals surface area contributed by atoms with Gasteiger partial charge in [-0.1, -0.05) is 17.7 Å². The Bertz CT molecular complexity index is 576. The molecule has 1 aromatic heterocycles. The van der Waals surface area contributed by atoms with Crippen LogP contribution in [0.25, 0.3) is 0 Å². The molecule has 1 N–H and O–H groups in total. The second-order valence-electron chi connectivity index (χ2n) is 4.20. The largest absolute Gasteiger partial charge is 0.312 e. The third-order valence-corrected chi connectivity index (χ3v) is 3.19. The zero-order chi connectivity index (χ0) is 13.5. The van der Waals surface area contributed by atoms with Gasteiger partial charge in [-0.25, -0.2) is 0 Å². The normalized spacial score (nSPS) is 10.1. The Morgan fingerprint density at radius 3 is 2.68 bits per heavy atom. The number of aromatic nitrogens is 1. The van der Waals surface area contributed by atoms with Crippen molar-refractivity contribution >= 4 is 11.6 Å². The van der Waals surface area contributed by atoms with Gasteiger partial charge >= 0.3 is 0 Å². The summed E-state index contributed by atoms with van der Waals surface area (Å²) < 4.78 is 0. The number of pyridine rings is 1. The molecule has 0 saturated heterocycles. The molecular weight excluding hydrogens is 258 g/mol. The van der Waals surface area contributed by atoms with E-state index in [1.165, 1.54) is 5.56 Å². The van der Waals surface area contributed by atoms with Gasteiger partial charge in [0.15, 0.2) is 0 Å². The van der Waals surface area contributed by atoms with Gasteiger partial charge in [-0.15, -0.1) is 0 Å². The molecule has 1 aromatic carbocycles. The van der Waals surface area contributed by atoms with Crippen molar-refractivity contribution in [1.29, 1.82) is 5.26 Å². The lowest BCUT2D eigenvalue weighted by Crippen LogP contribution is -2.16. The first-order valence-corrected chi connectivity index (χ1v) is 6.45. The van der Waals surface area contributed by atoms with Crippen LogP contribution in [0.1, 0.15) is 16.7 Å². The Kier molecular flexibility index (Phi) is 4.91. The molecule has 2 aromatic rings. The third kappa shape index (κ3) is 4.06. The maximum atomic E-state index is 8.76. The summed E-state index contributed by atoms with van der Waals surface area (Å²) in [6.45, 7) is 1.58. The Labute approximate surface area is 117 Å². The number of hydrogen-bond acceptors (Lipinski definition) is 3. The van der Waals surface area contributed by atoms with Gasteiger partial charge in [-0.3, -0.25) is 4.98 Å². The van der Waals surface area contributed by atoms with Crippen molar-refractivity contribution in [2.75, 3.05) is 6.54 Å². The number of nitrogens with zero attached hydrogens (tertiary/aromatic N) is 2. The standard InChI is InChI=1S/C15H14ClN3/c16-15-9-13(10-17)1-2-14(15)11-19-8-5-12-3-6-18-7-4-12/h1-4,6-7,9,19H,5,8,11H2. The van der Waals surface area contributed by atoms with E-state index < -0.39 is 0 Å². The van der Waals surface area contributed by atoms with E-state index >= 15 is 0 Å². The van der Waals surface area contributed by atoms with Gasteiger partial charge in [-0.05, 0) is 48.4 Å². The topological polar surface area (TPSA) is 48.7 Å². The first-order chi connectivity index (χ1) is 9.29. The van der Waals surface area contributed by atoms with Crippen molar-refractivity contribution in [3.63, 3.8) is 0 Å². The molecule has 0 saturated carbocycles. The van der Waals surface area contributed by atoms with Gasteiger partial charge in [0.25, 0.3) is 0 Å². The van der Waals surface area contributed by atoms with Crippen molar-refractivity contribution < 1.29 is 0 Å². The molecule has 0 aliphatic carbocycles. The summed E-state index contributed by atoms with van der Waals surface area (Å²) in [5, 5.41) is 12.7. The van der Waals surface area contributed by atoms with E-state index in [-0.39, 0.29) is 0 Å². The molecule has 4 heteroatoms. The summed E-state index contributed by atoms with van der Waals surface area (Å²) in [6, 6.07) is 11.5. The number of nitriles is 1. The van der Waals surface area contributed by atoms with Gasteiger partial charge < -0.3 is 5.32 Å². The minimum atomic E-state index is 0.588. The van der Waals surface area contributed by atoms with Crippen LogP contribution in [-0.2, 0) is 13.0 Å². The van der Waals surface area contributed by atoms with E-state index in [1.54, 1.807) is 24.5 Å². The molecule has 3 nitrogen and oxygen atoms in total. The van der Waals surface area contributed by atoms with Crippen LogP contribution in [0.3, 0.4) is 0 Å². The van der Waals surface area contributed by atoms with E-state index in [9.17, 15) is 0 Å². The average molecular weight is 272 g/mol. The predicted octanol–water partition coefficient (Wildman–Crippen LogP) is 2.94. The zero-order valence-corrected chi connectivity index (χ0v) is 11.2. The van der Waals surface area contributed by atoms with Crippen LogP contribution in [0.5, 0.6) is 0 Å². The van der Waals surface area contributed by atoms with Crippen molar-refractivity contribution in [2.45, 2.75) is 13.0 Å². The summed E-state index contributed by atoms with van der Waals surface area (Å²) in [6.07, 6.45) is 4.55. The van der Waals surface area contributed by atoms with Gasteiger partial charge in [-0.2, -0.15) is 5.26 Å². The van der Waals surface area contributed by atoms with Crippen molar-refractivity contribution in [1.82, 2.24) is 10.3 Å². The Morgan fingerprint density at radius 1 is 1.21 bits per heavy atom. The van der Waals surface area contributed by atoms with Crippen LogP contribution >= 0.6 is 11.6 Å². The molecule has 0 aliphatic rings. The average Bonchev–Trinajstić information content (AvgIpc) is 2.46. The molecule has 0 fully saturated rings. The summed E-state index contributed by atoms with van der Waals surface area (Å²) in [7, 11) is 0. The van der Waals surface area contributed by atoms with E-state index in [1.807, 2.05) is 18.2 Å². The summed E-state index contributed by atoms with van der Waals surface area (Å²) >= 11 is 6.10. The molecule has 0 amide bonds. The van der Waals surface area contributed by atoms with E-state index in [2.05, 4.69) is 16.4 Å². The van der Waals surface area contributed by atoms with E-state index in [4.69, 9.17) is 16.9 Å². The quantitative estimate of drug-likeness (QED) is 0.851. The van der Waals surface area contributed by atoms with E-state index in [0.717, 1.165) is 18.5 Å². The van der Waals surface area contributed by atoms with Crippen LogP contribution in [0.2, 0.25) is 5.02 Å². The highest BCUT2D eigenvalue weighted by Gasteiger charge is 2.01. The summed E-state index contributed by atoms with van der Waals surface area (Å²) in [4.78, 5) is 3.98.